The van der Waals surface area contributed by atoms with Gasteiger partial charge in [-0.2, -0.15) is 0 Å². The van der Waals surface area contributed by atoms with E-state index in [9.17, 15) is 13.2 Å². The predicted molar refractivity (Wildman–Crippen MR) is 99.5 cm³/mol. The van der Waals surface area contributed by atoms with Crippen LogP contribution in [0.5, 0.6) is 0 Å². The first-order chi connectivity index (χ1) is 12.9. The smallest absolute Gasteiger partial charge is 0.338 e. The monoisotopic (exact) mass is 385 g/mol. The van der Waals surface area contributed by atoms with Crippen LogP contribution in [0, 0.1) is 6.92 Å². The maximum Gasteiger partial charge on any atom is 0.338 e. The van der Waals surface area contributed by atoms with Gasteiger partial charge < -0.3 is 9.15 Å². The molecule has 0 saturated heterocycles. The third-order valence-electron chi connectivity index (χ3n) is 3.91. The highest BCUT2D eigenvalue weighted by Gasteiger charge is 2.16. The van der Waals surface area contributed by atoms with Gasteiger partial charge in [0, 0.05) is 0 Å². The van der Waals surface area contributed by atoms with Crippen LogP contribution in [0.4, 0.5) is 0 Å². The minimum Gasteiger partial charge on any atom is -0.468 e. The Morgan fingerprint density at radius 3 is 2.37 bits per heavy atom. The van der Waals surface area contributed by atoms with Crippen LogP contribution in [0.25, 0.3) is 0 Å². The maximum absolute atomic E-state index is 12.3. The quantitative estimate of drug-likeness (QED) is 0.630. The predicted octanol–water partition coefficient (Wildman–Crippen LogP) is 3.42. The zero-order valence-corrected chi connectivity index (χ0v) is 15.5. The number of sulfonamides is 1. The lowest BCUT2D eigenvalue weighted by Crippen LogP contribution is -2.23. The highest BCUT2D eigenvalue weighted by Crippen LogP contribution is 2.13. The second-order valence-electron chi connectivity index (χ2n) is 5.99. The minimum absolute atomic E-state index is 0.0513. The second kappa shape index (κ2) is 8.20. The minimum atomic E-state index is -3.70. The standard InChI is InChI=1S/C20H19NO5S/c1-15-4-6-16(7-5-15)14-26-20(22)17-8-10-19(11-9-17)27(23,24)21-13-18-3-2-12-25-18/h2-12,21H,13-14H2,1H3. The fourth-order valence-electron chi connectivity index (χ4n) is 2.35. The van der Waals surface area contributed by atoms with Crippen LogP contribution in [0.3, 0.4) is 0 Å². The first-order valence-electron chi connectivity index (χ1n) is 8.29. The summed E-state index contributed by atoms with van der Waals surface area (Å²) in [6, 6.07) is 16.6. The molecule has 0 unspecified atom stereocenters. The molecule has 27 heavy (non-hydrogen) atoms. The number of hydrogen-bond acceptors (Lipinski definition) is 5. The number of furan rings is 1. The maximum atomic E-state index is 12.3. The van der Waals surface area contributed by atoms with Gasteiger partial charge in [0.2, 0.25) is 10.0 Å². The zero-order valence-electron chi connectivity index (χ0n) is 14.7. The molecule has 0 radical (unpaired) electrons. The Kier molecular flexibility index (Phi) is 5.73. The zero-order chi connectivity index (χ0) is 19.3. The normalized spacial score (nSPS) is 11.3. The van der Waals surface area contributed by atoms with Gasteiger partial charge in [-0.15, -0.1) is 0 Å². The van der Waals surface area contributed by atoms with Gasteiger partial charge in [-0.05, 0) is 48.9 Å². The molecule has 0 atom stereocenters. The highest BCUT2D eigenvalue weighted by atomic mass is 32.2. The third kappa shape index (κ3) is 5.06. The summed E-state index contributed by atoms with van der Waals surface area (Å²) in [6.45, 7) is 2.19. The molecule has 0 aliphatic rings. The Bertz CT molecular complexity index is 992. The molecule has 0 spiro atoms. The molecule has 140 valence electrons. The van der Waals surface area contributed by atoms with Crippen LogP contribution in [0.1, 0.15) is 27.2 Å². The fraction of sp³-hybridized carbons (Fsp3) is 0.150. The first kappa shape index (κ1) is 18.9. The summed E-state index contributed by atoms with van der Waals surface area (Å²) in [5.74, 6) is -0.00190. The third-order valence-corrected chi connectivity index (χ3v) is 5.32. The van der Waals surface area contributed by atoms with Crippen molar-refractivity contribution in [3.05, 3.63) is 89.4 Å². The van der Waals surface area contributed by atoms with Gasteiger partial charge in [0.1, 0.15) is 12.4 Å². The van der Waals surface area contributed by atoms with E-state index in [-0.39, 0.29) is 23.6 Å². The number of hydrogen-bond donors (Lipinski definition) is 1. The van der Waals surface area contributed by atoms with Crippen LogP contribution in [0.2, 0.25) is 0 Å². The summed E-state index contributed by atoms with van der Waals surface area (Å²) in [5, 5.41) is 0. The number of carbonyl (C=O) groups is 1. The molecule has 7 heteroatoms. The van der Waals surface area contributed by atoms with Gasteiger partial charge in [0.05, 0.1) is 23.3 Å². The molecule has 0 saturated carbocycles. The molecule has 6 nitrogen and oxygen atoms in total. The Morgan fingerprint density at radius 2 is 1.74 bits per heavy atom. The summed E-state index contributed by atoms with van der Waals surface area (Å²) in [6.07, 6.45) is 1.47. The lowest BCUT2D eigenvalue weighted by Gasteiger charge is -2.08. The Hall–Kier alpha value is -2.90. The molecular weight excluding hydrogens is 366 g/mol. The molecule has 1 aromatic heterocycles. The fourth-order valence-corrected chi connectivity index (χ4v) is 3.34. The van der Waals surface area contributed by atoms with E-state index in [0.29, 0.717) is 5.76 Å². The largest absolute Gasteiger partial charge is 0.468 e. The summed E-state index contributed by atoms with van der Waals surface area (Å²) in [5.41, 5.74) is 2.30. The number of rotatable bonds is 7. The van der Waals surface area contributed by atoms with Gasteiger partial charge in [0.15, 0.2) is 0 Å². The summed E-state index contributed by atoms with van der Waals surface area (Å²) in [7, 11) is -3.70. The lowest BCUT2D eigenvalue weighted by atomic mass is 10.2. The van der Waals surface area contributed by atoms with E-state index < -0.39 is 16.0 Å². The van der Waals surface area contributed by atoms with E-state index in [4.69, 9.17) is 9.15 Å². The molecule has 0 aliphatic carbocycles. The van der Waals surface area contributed by atoms with Gasteiger partial charge in [-0.3, -0.25) is 0 Å². The molecule has 1 heterocycles. The first-order valence-corrected chi connectivity index (χ1v) is 9.77. The number of benzene rings is 2. The van der Waals surface area contributed by atoms with Crippen molar-refractivity contribution in [1.82, 2.24) is 4.72 Å². The highest BCUT2D eigenvalue weighted by molar-refractivity contribution is 7.89. The van der Waals surface area contributed by atoms with Crippen LogP contribution in [0.15, 0.2) is 76.2 Å². The van der Waals surface area contributed by atoms with Crippen molar-refractivity contribution in [1.29, 1.82) is 0 Å². The summed E-state index contributed by atoms with van der Waals surface area (Å²) < 4.78 is 37.4. The van der Waals surface area contributed by atoms with E-state index in [1.807, 2.05) is 31.2 Å². The van der Waals surface area contributed by atoms with Crippen LogP contribution < -0.4 is 4.72 Å². The Morgan fingerprint density at radius 1 is 1.04 bits per heavy atom. The van der Waals surface area contributed by atoms with Crippen molar-refractivity contribution in [3.63, 3.8) is 0 Å². The van der Waals surface area contributed by atoms with E-state index in [1.165, 1.54) is 30.5 Å². The van der Waals surface area contributed by atoms with Crippen molar-refractivity contribution in [2.24, 2.45) is 0 Å². The number of nitrogens with one attached hydrogen (secondary N) is 1. The molecule has 3 rings (SSSR count). The molecular formula is C20H19NO5S. The number of carbonyl (C=O) groups excluding carboxylic acids is 1. The molecule has 0 amide bonds. The average Bonchev–Trinajstić information content (AvgIpc) is 3.20. The lowest BCUT2D eigenvalue weighted by molar-refractivity contribution is 0.0472. The van der Waals surface area contributed by atoms with Crippen molar-refractivity contribution in [3.8, 4) is 0 Å². The molecule has 3 aromatic rings. The van der Waals surface area contributed by atoms with E-state index in [1.54, 1.807) is 12.1 Å². The molecule has 1 N–H and O–H groups in total. The van der Waals surface area contributed by atoms with Gasteiger partial charge >= 0.3 is 5.97 Å². The van der Waals surface area contributed by atoms with E-state index in [2.05, 4.69) is 4.72 Å². The van der Waals surface area contributed by atoms with E-state index in [0.717, 1.165) is 11.1 Å². The SMILES string of the molecule is Cc1ccc(COC(=O)c2ccc(S(=O)(=O)NCc3ccco3)cc2)cc1. The molecule has 0 bridgehead atoms. The number of ether oxygens (including phenoxy) is 1. The van der Waals surface area contributed by atoms with Gasteiger partial charge in [0.25, 0.3) is 0 Å². The van der Waals surface area contributed by atoms with Crippen molar-refractivity contribution >= 4 is 16.0 Å². The average molecular weight is 385 g/mol. The van der Waals surface area contributed by atoms with Crippen LogP contribution >= 0.6 is 0 Å². The topological polar surface area (TPSA) is 85.6 Å². The van der Waals surface area contributed by atoms with Crippen molar-refractivity contribution in [2.45, 2.75) is 25.0 Å². The van der Waals surface area contributed by atoms with Crippen LogP contribution in [-0.2, 0) is 27.9 Å². The number of esters is 1. The van der Waals surface area contributed by atoms with E-state index >= 15 is 0 Å². The van der Waals surface area contributed by atoms with Gasteiger partial charge in [-0.1, -0.05) is 29.8 Å². The summed E-state index contributed by atoms with van der Waals surface area (Å²) >= 11 is 0. The van der Waals surface area contributed by atoms with Gasteiger partial charge in [-0.25, -0.2) is 17.9 Å². The number of aryl methyl sites for hydroxylation is 1. The molecule has 2 aromatic carbocycles. The Labute approximate surface area is 157 Å². The van der Waals surface area contributed by atoms with Crippen LogP contribution in [-0.4, -0.2) is 14.4 Å². The molecule has 0 aliphatic heterocycles. The summed E-state index contributed by atoms with van der Waals surface area (Å²) in [4.78, 5) is 12.2. The molecule has 0 fully saturated rings. The second-order valence-corrected chi connectivity index (χ2v) is 7.76. The van der Waals surface area contributed by atoms with Crippen molar-refractivity contribution in [2.75, 3.05) is 0 Å². The Balaban J connectivity index is 1.60. The van der Waals surface area contributed by atoms with Crippen molar-refractivity contribution < 1.29 is 22.4 Å².